The van der Waals surface area contributed by atoms with Gasteiger partial charge in [-0.05, 0) is 50.1 Å². The van der Waals surface area contributed by atoms with Gasteiger partial charge in [0.2, 0.25) is 5.91 Å². The van der Waals surface area contributed by atoms with Crippen molar-refractivity contribution < 1.29 is 4.79 Å². The fourth-order valence-electron chi connectivity index (χ4n) is 3.73. The van der Waals surface area contributed by atoms with Crippen molar-refractivity contribution in [2.24, 2.45) is 0 Å². The van der Waals surface area contributed by atoms with E-state index in [1.165, 1.54) is 16.9 Å². The highest BCUT2D eigenvalue weighted by Crippen LogP contribution is 2.22. The second kappa shape index (κ2) is 9.45. The van der Waals surface area contributed by atoms with E-state index in [0.29, 0.717) is 6.42 Å². The molecular formula is C23H31N3O. The van der Waals surface area contributed by atoms with E-state index in [2.05, 4.69) is 60.0 Å². The molecule has 0 radical (unpaired) electrons. The first kappa shape index (κ1) is 19.3. The Morgan fingerprint density at radius 3 is 2.11 bits per heavy atom. The van der Waals surface area contributed by atoms with Crippen molar-refractivity contribution in [1.29, 1.82) is 0 Å². The summed E-state index contributed by atoms with van der Waals surface area (Å²) >= 11 is 0. The van der Waals surface area contributed by atoms with E-state index >= 15 is 0 Å². The molecular weight excluding hydrogens is 334 g/mol. The van der Waals surface area contributed by atoms with Crippen molar-refractivity contribution in [3.8, 4) is 0 Å². The third-order valence-corrected chi connectivity index (χ3v) is 5.45. The molecule has 0 N–H and O–H groups in total. The largest absolute Gasteiger partial charge is 0.372 e. The molecule has 1 fully saturated rings. The predicted octanol–water partition coefficient (Wildman–Crippen LogP) is 3.81. The van der Waals surface area contributed by atoms with Gasteiger partial charge < -0.3 is 14.7 Å². The lowest BCUT2D eigenvalue weighted by Crippen LogP contribution is -2.48. The van der Waals surface area contributed by atoms with E-state index in [9.17, 15) is 4.79 Å². The number of carbonyl (C=O) groups is 1. The summed E-state index contributed by atoms with van der Waals surface area (Å²) < 4.78 is 0. The van der Waals surface area contributed by atoms with Gasteiger partial charge in [-0.15, -0.1) is 0 Å². The molecule has 1 heterocycles. The molecule has 0 aromatic heterocycles. The van der Waals surface area contributed by atoms with Gasteiger partial charge >= 0.3 is 0 Å². The average Bonchev–Trinajstić information content (AvgIpc) is 2.74. The molecule has 0 aliphatic carbocycles. The number of carbonyl (C=O) groups excluding carboxylic acids is 1. The number of nitrogens with zero attached hydrogens (tertiary/aromatic N) is 3. The van der Waals surface area contributed by atoms with Crippen LogP contribution in [0.4, 0.5) is 11.4 Å². The van der Waals surface area contributed by atoms with Gasteiger partial charge in [0, 0.05) is 57.1 Å². The number of rotatable bonds is 7. The summed E-state index contributed by atoms with van der Waals surface area (Å²) in [6, 6.07) is 19.1. The van der Waals surface area contributed by atoms with E-state index in [1.54, 1.807) is 0 Å². The fourth-order valence-corrected chi connectivity index (χ4v) is 3.73. The number of aryl methyl sites for hydroxylation is 1. The summed E-state index contributed by atoms with van der Waals surface area (Å²) in [5.74, 6) is 0.274. The summed E-state index contributed by atoms with van der Waals surface area (Å²) in [5.41, 5.74) is 3.76. The highest BCUT2D eigenvalue weighted by molar-refractivity contribution is 5.76. The summed E-state index contributed by atoms with van der Waals surface area (Å²) in [5, 5.41) is 0. The average molecular weight is 366 g/mol. The zero-order valence-corrected chi connectivity index (χ0v) is 16.6. The third kappa shape index (κ3) is 5.03. The third-order valence-electron chi connectivity index (χ3n) is 5.45. The summed E-state index contributed by atoms with van der Waals surface area (Å²) in [4.78, 5) is 19.3. The van der Waals surface area contributed by atoms with E-state index in [1.807, 2.05) is 23.1 Å². The number of hydrogen-bond acceptors (Lipinski definition) is 3. The molecule has 1 aliphatic rings. The molecule has 4 heteroatoms. The monoisotopic (exact) mass is 365 g/mol. The quantitative estimate of drug-likeness (QED) is 0.746. The van der Waals surface area contributed by atoms with Gasteiger partial charge in [-0.3, -0.25) is 4.79 Å². The first-order chi connectivity index (χ1) is 13.2. The van der Waals surface area contributed by atoms with Crippen LogP contribution >= 0.6 is 0 Å². The normalized spacial score (nSPS) is 14.3. The van der Waals surface area contributed by atoms with Gasteiger partial charge in [-0.2, -0.15) is 0 Å². The Labute approximate surface area is 163 Å². The number of amides is 1. The number of piperazine rings is 1. The molecule has 4 nitrogen and oxygen atoms in total. The van der Waals surface area contributed by atoms with Gasteiger partial charge in [-0.25, -0.2) is 0 Å². The van der Waals surface area contributed by atoms with E-state index < -0.39 is 0 Å². The number of benzene rings is 2. The van der Waals surface area contributed by atoms with Gasteiger partial charge in [0.1, 0.15) is 0 Å². The lowest BCUT2D eigenvalue weighted by atomic mass is 10.1. The van der Waals surface area contributed by atoms with E-state index in [0.717, 1.165) is 45.7 Å². The van der Waals surface area contributed by atoms with E-state index in [4.69, 9.17) is 0 Å². The summed E-state index contributed by atoms with van der Waals surface area (Å²) in [7, 11) is 0. The smallest absolute Gasteiger partial charge is 0.223 e. The van der Waals surface area contributed by atoms with Gasteiger partial charge in [0.15, 0.2) is 0 Å². The molecule has 1 saturated heterocycles. The zero-order chi connectivity index (χ0) is 19.1. The van der Waals surface area contributed by atoms with Crippen LogP contribution in [0.15, 0.2) is 54.6 Å². The van der Waals surface area contributed by atoms with Crippen LogP contribution < -0.4 is 9.80 Å². The second-order valence-corrected chi connectivity index (χ2v) is 7.04. The first-order valence-corrected chi connectivity index (χ1v) is 10.1. The second-order valence-electron chi connectivity index (χ2n) is 7.04. The zero-order valence-electron chi connectivity index (χ0n) is 16.6. The van der Waals surface area contributed by atoms with Crippen LogP contribution in [0.25, 0.3) is 0 Å². The van der Waals surface area contributed by atoms with Gasteiger partial charge in [0.25, 0.3) is 0 Å². The molecule has 0 unspecified atom stereocenters. The SMILES string of the molecule is CCN(CC)c1ccc(N2CCN(C(=O)CCc3ccccc3)CC2)cc1. The fraction of sp³-hybridized carbons (Fsp3) is 0.435. The first-order valence-electron chi connectivity index (χ1n) is 10.1. The maximum Gasteiger partial charge on any atom is 0.223 e. The number of hydrogen-bond donors (Lipinski definition) is 0. The molecule has 0 bridgehead atoms. The van der Waals surface area contributed by atoms with Crippen molar-refractivity contribution in [2.45, 2.75) is 26.7 Å². The molecule has 0 atom stereocenters. The molecule has 3 rings (SSSR count). The Bertz CT molecular complexity index is 702. The Hall–Kier alpha value is -2.49. The molecule has 144 valence electrons. The maximum absolute atomic E-state index is 12.5. The molecule has 1 aliphatic heterocycles. The van der Waals surface area contributed by atoms with Crippen molar-refractivity contribution in [1.82, 2.24) is 4.90 Å². The van der Waals surface area contributed by atoms with E-state index in [-0.39, 0.29) is 5.91 Å². The Kier molecular flexibility index (Phi) is 6.74. The topological polar surface area (TPSA) is 26.8 Å². The lowest BCUT2D eigenvalue weighted by Gasteiger charge is -2.36. The van der Waals surface area contributed by atoms with Gasteiger partial charge in [0.05, 0.1) is 0 Å². The molecule has 2 aromatic carbocycles. The minimum atomic E-state index is 0.274. The van der Waals surface area contributed by atoms with Crippen LogP contribution in [0.2, 0.25) is 0 Å². The Morgan fingerprint density at radius 1 is 0.889 bits per heavy atom. The Balaban J connectivity index is 1.49. The summed E-state index contributed by atoms with van der Waals surface area (Å²) in [6.07, 6.45) is 1.43. The highest BCUT2D eigenvalue weighted by atomic mass is 16.2. The molecule has 0 spiro atoms. The minimum absolute atomic E-state index is 0.274. The molecule has 27 heavy (non-hydrogen) atoms. The van der Waals surface area contributed by atoms with Gasteiger partial charge in [-0.1, -0.05) is 30.3 Å². The van der Waals surface area contributed by atoms with Crippen molar-refractivity contribution in [2.75, 3.05) is 49.1 Å². The van der Waals surface area contributed by atoms with Crippen LogP contribution in [0.5, 0.6) is 0 Å². The number of anilines is 2. The minimum Gasteiger partial charge on any atom is -0.372 e. The molecule has 0 saturated carbocycles. The predicted molar refractivity (Wildman–Crippen MR) is 114 cm³/mol. The maximum atomic E-state index is 12.5. The van der Waals surface area contributed by atoms with Crippen LogP contribution in [0.1, 0.15) is 25.8 Å². The van der Waals surface area contributed by atoms with Crippen molar-refractivity contribution in [3.63, 3.8) is 0 Å². The Morgan fingerprint density at radius 2 is 1.52 bits per heavy atom. The summed E-state index contributed by atoms with van der Waals surface area (Å²) in [6.45, 7) is 9.86. The lowest BCUT2D eigenvalue weighted by molar-refractivity contribution is -0.131. The standard InChI is InChI=1S/C23H31N3O/c1-3-24(4-2)21-11-13-22(14-12-21)25-16-18-26(19-17-25)23(27)15-10-20-8-6-5-7-9-20/h5-9,11-14H,3-4,10,15-19H2,1-2H3. The van der Waals surface area contributed by atoms with Crippen LogP contribution in [-0.2, 0) is 11.2 Å². The van der Waals surface area contributed by atoms with Crippen molar-refractivity contribution in [3.05, 3.63) is 60.2 Å². The molecule has 1 amide bonds. The highest BCUT2D eigenvalue weighted by Gasteiger charge is 2.21. The molecule has 2 aromatic rings. The van der Waals surface area contributed by atoms with Crippen molar-refractivity contribution >= 4 is 17.3 Å². The van der Waals surface area contributed by atoms with Crippen LogP contribution in [-0.4, -0.2) is 50.1 Å². The van der Waals surface area contributed by atoms with Crippen LogP contribution in [0.3, 0.4) is 0 Å². The van der Waals surface area contributed by atoms with Crippen LogP contribution in [0, 0.1) is 0 Å².